The Kier molecular flexibility index (Phi) is 6.34. The number of halogens is 2. The van der Waals surface area contributed by atoms with Gasteiger partial charge in [-0.2, -0.15) is 0 Å². The van der Waals surface area contributed by atoms with Crippen LogP contribution in [0.1, 0.15) is 18.9 Å². The summed E-state index contributed by atoms with van der Waals surface area (Å²) in [7, 11) is 0. The highest BCUT2D eigenvalue weighted by molar-refractivity contribution is 6.42. The van der Waals surface area contributed by atoms with Crippen molar-refractivity contribution in [2.24, 2.45) is 0 Å². The third-order valence-corrected chi connectivity index (χ3v) is 3.02. The van der Waals surface area contributed by atoms with Crippen LogP contribution in [0.15, 0.2) is 18.2 Å². The van der Waals surface area contributed by atoms with E-state index in [1.54, 1.807) is 13.0 Å². The summed E-state index contributed by atoms with van der Waals surface area (Å²) in [4.78, 5) is 11.1. The van der Waals surface area contributed by atoms with Crippen LogP contribution in [-0.2, 0) is 16.1 Å². The largest absolute Gasteiger partial charge is 0.466 e. The number of hydrogen-bond acceptors (Lipinski definition) is 3. The molecule has 0 amide bonds. The lowest BCUT2D eigenvalue weighted by Gasteiger charge is -2.07. The molecule has 0 aliphatic heterocycles. The molecular weight excluding hydrogens is 261 g/mol. The highest BCUT2D eigenvalue weighted by Gasteiger charge is 2.04. The normalized spacial score (nSPS) is 10.3. The van der Waals surface area contributed by atoms with Crippen LogP contribution in [0, 0.1) is 0 Å². The molecule has 94 valence electrons. The van der Waals surface area contributed by atoms with Crippen molar-refractivity contribution >= 4 is 29.2 Å². The van der Waals surface area contributed by atoms with E-state index in [0.717, 1.165) is 5.56 Å². The first-order chi connectivity index (χ1) is 8.15. The second kappa shape index (κ2) is 7.54. The van der Waals surface area contributed by atoms with Crippen LogP contribution >= 0.6 is 23.2 Å². The van der Waals surface area contributed by atoms with Gasteiger partial charge in [0.15, 0.2) is 0 Å². The molecule has 0 saturated heterocycles. The minimum atomic E-state index is -0.197. The highest BCUT2D eigenvalue weighted by atomic mass is 35.5. The van der Waals surface area contributed by atoms with Gasteiger partial charge in [-0.05, 0) is 18.6 Å². The van der Waals surface area contributed by atoms with Gasteiger partial charge in [0, 0.05) is 13.1 Å². The number of carbonyl (C=O) groups excluding carboxylic acids is 1. The number of nitrogens with one attached hydrogen (secondary N) is 1. The third-order valence-electron chi connectivity index (χ3n) is 2.16. The maximum Gasteiger partial charge on any atom is 0.307 e. The Morgan fingerprint density at radius 2 is 2.18 bits per heavy atom. The van der Waals surface area contributed by atoms with Crippen LogP contribution < -0.4 is 5.32 Å². The molecule has 0 aliphatic rings. The first-order valence-corrected chi connectivity index (χ1v) is 6.20. The van der Waals surface area contributed by atoms with Gasteiger partial charge in [0.2, 0.25) is 0 Å². The highest BCUT2D eigenvalue weighted by Crippen LogP contribution is 2.25. The maximum atomic E-state index is 11.1. The lowest BCUT2D eigenvalue weighted by atomic mass is 10.2. The number of rotatable bonds is 6. The molecule has 1 N–H and O–H groups in total. The van der Waals surface area contributed by atoms with Crippen molar-refractivity contribution in [3.05, 3.63) is 33.8 Å². The zero-order chi connectivity index (χ0) is 12.7. The van der Waals surface area contributed by atoms with Crippen molar-refractivity contribution in [2.75, 3.05) is 13.2 Å². The minimum Gasteiger partial charge on any atom is -0.466 e. The van der Waals surface area contributed by atoms with Gasteiger partial charge in [0.05, 0.1) is 23.1 Å². The van der Waals surface area contributed by atoms with Crippen molar-refractivity contribution < 1.29 is 9.53 Å². The zero-order valence-electron chi connectivity index (χ0n) is 9.63. The van der Waals surface area contributed by atoms with Crippen molar-refractivity contribution in [3.8, 4) is 0 Å². The first-order valence-electron chi connectivity index (χ1n) is 5.44. The standard InChI is InChI=1S/C12H15Cl2NO2/c1-2-17-11(16)6-7-15-8-9-4-3-5-10(13)12(9)14/h3-5,15H,2,6-8H2,1H3. The second-order valence-electron chi connectivity index (χ2n) is 3.44. The lowest BCUT2D eigenvalue weighted by molar-refractivity contribution is -0.142. The molecule has 0 fully saturated rings. The fraction of sp³-hybridized carbons (Fsp3) is 0.417. The summed E-state index contributed by atoms with van der Waals surface area (Å²) in [6, 6.07) is 5.48. The number of hydrogen-bond donors (Lipinski definition) is 1. The van der Waals surface area contributed by atoms with Crippen LogP contribution in [0.2, 0.25) is 10.0 Å². The van der Waals surface area contributed by atoms with Crippen molar-refractivity contribution in [1.82, 2.24) is 5.32 Å². The van der Waals surface area contributed by atoms with E-state index in [9.17, 15) is 4.79 Å². The molecule has 0 aliphatic carbocycles. The van der Waals surface area contributed by atoms with Crippen LogP contribution in [0.3, 0.4) is 0 Å². The molecule has 0 unspecified atom stereocenters. The van der Waals surface area contributed by atoms with Gasteiger partial charge in [-0.25, -0.2) is 0 Å². The average Bonchev–Trinajstić information content (AvgIpc) is 2.30. The number of esters is 1. The summed E-state index contributed by atoms with van der Waals surface area (Å²) >= 11 is 11.9. The molecule has 0 saturated carbocycles. The smallest absolute Gasteiger partial charge is 0.307 e. The molecule has 0 radical (unpaired) electrons. The summed E-state index contributed by atoms with van der Waals surface area (Å²) in [5.41, 5.74) is 0.919. The van der Waals surface area contributed by atoms with Gasteiger partial charge in [0.1, 0.15) is 0 Å². The van der Waals surface area contributed by atoms with E-state index < -0.39 is 0 Å². The number of benzene rings is 1. The van der Waals surface area contributed by atoms with Crippen LogP contribution in [0.5, 0.6) is 0 Å². The Morgan fingerprint density at radius 3 is 2.88 bits per heavy atom. The molecule has 1 aromatic rings. The van der Waals surface area contributed by atoms with Gasteiger partial charge in [0.25, 0.3) is 0 Å². The SMILES string of the molecule is CCOC(=O)CCNCc1cccc(Cl)c1Cl. The molecule has 0 heterocycles. The molecule has 0 bridgehead atoms. The molecule has 17 heavy (non-hydrogen) atoms. The molecule has 5 heteroatoms. The summed E-state index contributed by atoms with van der Waals surface area (Å²) in [5.74, 6) is -0.197. The topological polar surface area (TPSA) is 38.3 Å². The average molecular weight is 276 g/mol. The third kappa shape index (κ3) is 4.94. The lowest BCUT2D eigenvalue weighted by Crippen LogP contribution is -2.19. The Bertz CT molecular complexity index is 383. The Hall–Kier alpha value is -0.770. The van der Waals surface area contributed by atoms with Crippen molar-refractivity contribution in [1.29, 1.82) is 0 Å². The number of carbonyl (C=O) groups is 1. The minimum absolute atomic E-state index is 0.197. The van der Waals surface area contributed by atoms with E-state index in [1.165, 1.54) is 0 Å². The zero-order valence-corrected chi connectivity index (χ0v) is 11.1. The van der Waals surface area contributed by atoms with E-state index in [4.69, 9.17) is 27.9 Å². The number of ether oxygens (including phenoxy) is 1. The Labute approximate surface area is 111 Å². The molecular formula is C12H15Cl2NO2. The monoisotopic (exact) mass is 275 g/mol. The molecule has 0 atom stereocenters. The van der Waals surface area contributed by atoms with Crippen LogP contribution in [-0.4, -0.2) is 19.1 Å². The van der Waals surface area contributed by atoms with E-state index >= 15 is 0 Å². The van der Waals surface area contributed by atoms with E-state index in [2.05, 4.69) is 5.32 Å². The Morgan fingerprint density at radius 1 is 1.41 bits per heavy atom. The van der Waals surface area contributed by atoms with Gasteiger partial charge in [-0.15, -0.1) is 0 Å². The molecule has 3 nitrogen and oxygen atoms in total. The molecule has 0 spiro atoms. The second-order valence-corrected chi connectivity index (χ2v) is 4.23. The molecule has 1 rings (SSSR count). The van der Waals surface area contributed by atoms with Gasteiger partial charge < -0.3 is 10.1 Å². The van der Waals surface area contributed by atoms with Gasteiger partial charge in [-0.3, -0.25) is 4.79 Å². The van der Waals surface area contributed by atoms with Gasteiger partial charge in [-0.1, -0.05) is 35.3 Å². The fourth-order valence-corrected chi connectivity index (χ4v) is 1.72. The van der Waals surface area contributed by atoms with Crippen molar-refractivity contribution in [3.63, 3.8) is 0 Å². The van der Waals surface area contributed by atoms with E-state index in [-0.39, 0.29) is 5.97 Å². The van der Waals surface area contributed by atoms with Crippen molar-refractivity contribution in [2.45, 2.75) is 19.9 Å². The fourth-order valence-electron chi connectivity index (χ4n) is 1.33. The first kappa shape index (κ1) is 14.3. The maximum absolute atomic E-state index is 11.1. The summed E-state index contributed by atoms with van der Waals surface area (Å²) in [6.45, 7) is 3.34. The summed E-state index contributed by atoms with van der Waals surface area (Å²) in [5, 5.41) is 4.21. The Balaban J connectivity index is 2.31. The predicted octanol–water partition coefficient (Wildman–Crippen LogP) is 3.04. The summed E-state index contributed by atoms with van der Waals surface area (Å²) in [6.07, 6.45) is 0.353. The molecule has 1 aromatic carbocycles. The van der Waals surface area contributed by atoms with Crippen LogP contribution in [0.4, 0.5) is 0 Å². The van der Waals surface area contributed by atoms with Gasteiger partial charge >= 0.3 is 5.97 Å². The molecule has 0 aromatic heterocycles. The van der Waals surface area contributed by atoms with E-state index in [1.807, 2.05) is 12.1 Å². The predicted molar refractivity (Wildman–Crippen MR) is 69.4 cm³/mol. The van der Waals surface area contributed by atoms with Crippen LogP contribution in [0.25, 0.3) is 0 Å². The quantitative estimate of drug-likeness (QED) is 0.641. The van der Waals surface area contributed by atoms with E-state index in [0.29, 0.717) is 36.2 Å². The summed E-state index contributed by atoms with van der Waals surface area (Å²) < 4.78 is 4.81.